The Morgan fingerprint density at radius 1 is 0.875 bits per heavy atom. The van der Waals surface area contributed by atoms with E-state index in [4.69, 9.17) is 34.8 Å². The Hall–Kier alpha value is -2.78. The fourth-order valence-electron chi connectivity index (χ4n) is 4.06. The first-order valence-corrected chi connectivity index (χ1v) is 15.3. The Labute approximate surface area is 251 Å². The maximum atomic E-state index is 14.0. The summed E-state index contributed by atoms with van der Waals surface area (Å²) in [5, 5.41) is 3.85. The summed E-state index contributed by atoms with van der Waals surface area (Å²) in [5.74, 6) is -0.681. The van der Waals surface area contributed by atoms with Gasteiger partial charge in [0, 0.05) is 28.2 Å². The molecule has 3 aromatic carbocycles. The standard InChI is InChI=1S/C29H32Cl3N3O4S/c1-4-27(29(37)33-17-20(2)3)34(18-21-10-12-22(30)13-11-21)28(36)19-35(25-15-23(31)14-24(32)16-25)40(38,39)26-8-6-5-7-9-26/h5-16,20,27H,4,17-19H2,1-3H3,(H,33,37)/t27-/m1/s1. The summed E-state index contributed by atoms with van der Waals surface area (Å²) in [4.78, 5) is 28.7. The number of carbonyl (C=O) groups excluding carboxylic acids is 2. The first-order chi connectivity index (χ1) is 18.9. The third-order valence-electron chi connectivity index (χ3n) is 6.08. The first kappa shape index (κ1) is 31.7. The van der Waals surface area contributed by atoms with Crippen LogP contribution in [0.25, 0.3) is 0 Å². The summed E-state index contributed by atoms with van der Waals surface area (Å²) in [5.41, 5.74) is 0.856. The summed E-state index contributed by atoms with van der Waals surface area (Å²) in [6, 6.07) is 18.2. The van der Waals surface area contributed by atoms with E-state index in [1.807, 2.05) is 13.8 Å². The Balaban J connectivity index is 2.06. The van der Waals surface area contributed by atoms with Crippen molar-refractivity contribution in [2.75, 3.05) is 17.4 Å². The van der Waals surface area contributed by atoms with Crippen molar-refractivity contribution in [3.05, 3.63) is 93.4 Å². The molecule has 7 nitrogen and oxygen atoms in total. The second-order valence-corrected chi connectivity index (χ2v) is 12.8. The van der Waals surface area contributed by atoms with E-state index in [0.717, 1.165) is 9.87 Å². The van der Waals surface area contributed by atoms with Crippen LogP contribution in [-0.2, 0) is 26.2 Å². The van der Waals surface area contributed by atoms with E-state index in [-0.39, 0.29) is 39.0 Å². The summed E-state index contributed by atoms with van der Waals surface area (Å²) >= 11 is 18.5. The maximum absolute atomic E-state index is 14.0. The Bertz CT molecular complexity index is 1400. The van der Waals surface area contributed by atoms with Crippen LogP contribution in [0.2, 0.25) is 15.1 Å². The highest BCUT2D eigenvalue weighted by atomic mass is 35.5. The fourth-order valence-corrected chi connectivity index (χ4v) is 6.12. The highest BCUT2D eigenvalue weighted by Crippen LogP contribution is 2.30. The molecule has 40 heavy (non-hydrogen) atoms. The van der Waals surface area contributed by atoms with Gasteiger partial charge in [0.15, 0.2) is 0 Å². The smallest absolute Gasteiger partial charge is 0.264 e. The van der Waals surface area contributed by atoms with Gasteiger partial charge in [-0.15, -0.1) is 0 Å². The van der Waals surface area contributed by atoms with Crippen LogP contribution in [0.1, 0.15) is 32.8 Å². The number of sulfonamides is 1. The second-order valence-electron chi connectivity index (χ2n) is 9.66. The molecule has 0 aromatic heterocycles. The topological polar surface area (TPSA) is 86.8 Å². The lowest BCUT2D eigenvalue weighted by molar-refractivity contribution is -0.140. The molecule has 0 radical (unpaired) electrons. The van der Waals surface area contributed by atoms with Gasteiger partial charge in [0.25, 0.3) is 10.0 Å². The van der Waals surface area contributed by atoms with Crippen molar-refractivity contribution in [3.63, 3.8) is 0 Å². The lowest BCUT2D eigenvalue weighted by atomic mass is 10.1. The lowest BCUT2D eigenvalue weighted by Crippen LogP contribution is -2.52. The minimum absolute atomic E-state index is 0.00938. The third-order valence-corrected chi connectivity index (χ3v) is 8.56. The molecule has 214 valence electrons. The van der Waals surface area contributed by atoms with Gasteiger partial charge in [-0.25, -0.2) is 8.42 Å². The SMILES string of the molecule is CC[C@H](C(=O)NCC(C)C)N(Cc1ccc(Cl)cc1)C(=O)CN(c1cc(Cl)cc(Cl)c1)S(=O)(=O)c1ccccc1. The van der Waals surface area contributed by atoms with Crippen LogP contribution in [0.4, 0.5) is 5.69 Å². The second kappa shape index (κ2) is 14.2. The van der Waals surface area contributed by atoms with Gasteiger partial charge >= 0.3 is 0 Å². The molecule has 3 aromatic rings. The minimum atomic E-state index is -4.22. The van der Waals surface area contributed by atoms with Crippen LogP contribution in [-0.4, -0.2) is 44.3 Å². The number of hydrogen-bond donors (Lipinski definition) is 1. The molecule has 11 heteroatoms. The van der Waals surface area contributed by atoms with Gasteiger partial charge in [0.1, 0.15) is 12.6 Å². The number of nitrogens with one attached hydrogen (secondary N) is 1. The van der Waals surface area contributed by atoms with Gasteiger partial charge in [-0.1, -0.05) is 85.9 Å². The normalized spacial score (nSPS) is 12.2. The Kier molecular flexibility index (Phi) is 11.3. The average Bonchev–Trinajstić information content (AvgIpc) is 2.91. The van der Waals surface area contributed by atoms with Crippen LogP contribution in [0.3, 0.4) is 0 Å². The molecule has 2 amide bonds. The highest BCUT2D eigenvalue weighted by Gasteiger charge is 2.34. The van der Waals surface area contributed by atoms with Crippen molar-refractivity contribution in [2.24, 2.45) is 5.92 Å². The molecule has 0 bridgehead atoms. The molecule has 3 rings (SSSR count). The quantitative estimate of drug-likeness (QED) is 0.252. The molecule has 0 aliphatic rings. The first-order valence-electron chi connectivity index (χ1n) is 12.8. The number of hydrogen-bond acceptors (Lipinski definition) is 4. The van der Waals surface area contributed by atoms with E-state index >= 15 is 0 Å². The van der Waals surface area contributed by atoms with Crippen LogP contribution < -0.4 is 9.62 Å². The molecule has 0 spiro atoms. The Morgan fingerprint density at radius 2 is 1.48 bits per heavy atom. The number of anilines is 1. The zero-order valence-corrected chi connectivity index (χ0v) is 25.6. The highest BCUT2D eigenvalue weighted by molar-refractivity contribution is 7.92. The van der Waals surface area contributed by atoms with E-state index in [1.54, 1.807) is 49.4 Å². The molecule has 0 aliphatic carbocycles. The summed E-state index contributed by atoms with van der Waals surface area (Å²) in [6.45, 7) is 5.67. The van der Waals surface area contributed by atoms with Crippen molar-refractivity contribution in [3.8, 4) is 0 Å². The summed E-state index contributed by atoms with van der Waals surface area (Å²) in [7, 11) is -4.22. The Morgan fingerprint density at radius 3 is 2.02 bits per heavy atom. The van der Waals surface area contributed by atoms with E-state index in [1.165, 1.54) is 35.2 Å². The van der Waals surface area contributed by atoms with Crippen molar-refractivity contribution in [1.82, 2.24) is 10.2 Å². The number of halogens is 3. The lowest BCUT2D eigenvalue weighted by Gasteiger charge is -2.33. The van der Waals surface area contributed by atoms with Gasteiger partial charge in [0.05, 0.1) is 10.6 Å². The van der Waals surface area contributed by atoms with Gasteiger partial charge in [-0.2, -0.15) is 0 Å². The van der Waals surface area contributed by atoms with E-state index in [9.17, 15) is 18.0 Å². The maximum Gasteiger partial charge on any atom is 0.264 e. The number of benzene rings is 3. The van der Waals surface area contributed by atoms with Crippen molar-refractivity contribution < 1.29 is 18.0 Å². The predicted molar refractivity (Wildman–Crippen MR) is 161 cm³/mol. The average molecular weight is 625 g/mol. The van der Waals surface area contributed by atoms with Crippen LogP contribution in [0.5, 0.6) is 0 Å². The zero-order valence-electron chi connectivity index (χ0n) is 22.5. The molecule has 0 unspecified atom stereocenters. The molecule has 1 atom stereocenters. The van der Waals surface area contributed by atoms with Crippen molar-refractivity contribution in [2.45, 2.75) is 44.7 Å². The molecule has 0 heterocycles. The van der Waals surface area contributed by atoms with E-state index < -0.39 is 28.5 Å². The van der Waals surface area contributed by atoms with Gasteiger partial charge in [-0.3, -0.25) is 13.9 Å². The van der Waals surface area contributed by atoms with E-state index in [2.05, 4.69) is 5.32 Å². The molecule has 0 saturated heterocycles. The van der Waals surface area contributed by atoms with E-state index in [0.29, 0.717) is 18.0 Å². The van der Waals surface area contributed by atoms with Crippen molar-refractivity contribution in [1.29, 1.82) is 0 Å². The van der Waals surface area contributed by atoms with Gasteiger partial charge < -0.3 is 10.2 Å². The molecular weight excluding hydrogens is 593 g/mol. The summed E-state index contributed by atoms with van der Waals surface area (Å²) in [6.07, 6.45) is 0.317. The van der Waals surface area contributed by atoms with Gasteiger partial charge in [0.2, 0.25) is 11.8 Å². The molecule has 0 aliphatic heterocycles. The number of amides is 2. The minimum Gasteiger partial charge on any atom is -0.354 e. The number of rotatable bonds is 12. The summed E-state index contributed by atoms with van der Waals surface area (Å²) < 4.78 is 28.6. The molecule has 1 N–H and O–H groups in total. The van der Waals surface area contributed by atoms with Crippen LogP contribution in [0.15, 0.2) is 77.7 Å². The molecule has 0 saturated carbocycles. The predicted octanol–water partition coefficient (Wildman–Crippen LogP) is 6.42. The molecule has 0 fully saturated rings. The number of nitrogens with zero attached hydrogens (tertiary/aromatic N) is 2. The third kappa shape index (κ3) is 8.36. The van der Waals surface area contributed by atoms with Crippen molar-refractivity contribution >= 4 is 62.3 Å². The zero-order chi connectivity index (χ0) is 29.4. The number of carbonyl (C=O) groups is 2. The largest absolute Gasteiger partial charge is 0.354 e. The fraction of sp³-hybridized carbons (Fsp3) is 0.310. The molecular formula is C29H32Cl3N3O4S. The van der Waals surface area contributed by atoms with Crippen LogP contribution >= 0.6 is 34.8 Å². The monoisotopic (exact) mass is 623 g/mol. The van der Waals surface area contributed by atoms with Gasteiger partial charge in [-0.05, 0) is 60.4 Å². The van der Waals surface area contributed by atoms with Crippen LogP contribution in [0, 0.1) is 5.92 Å².